The molecule has 0 bridgehead atoms. The number of rotatable bonds is 5. The van der Waals surface area contributed by atoms with Crippen LogP contribution in [-0.4, -0.2) is 28.7 Å². The van der Waals surface area contributed by atoms with Crippen molar-refractivity contribution in [2.24, 2.45) is 0 Å². The van der Waals surface area contributed by atoms with Crippen molar-refractivity contribution in [3.05, 3.63) is 48.0 Å². The van der Waals surface area contributed by atoms with E-state index in [4.69, 9.17) is 4.74 Å². The third kappa shape index (κ3) is 3.65. The first-order valence-electron chi connectivity index (χ1n) is 6.96. The van der Waals surface area contributed by atoms with Crippen LogP contribution in [0.3, 0.4) is 0 Å². The number of nitrogens with one attached hydrogen (secondary N) is 2. The number of anilines is 1. The zero-order valence-corrected chi connectivity index (χ0v) is 13.4. The molecular weight excluding hydrogens is 336 g/mol. The first-order chi connectivity index (χ1) is 11.5. The molecule has 2 N–H and O–H groups in total. The Kier molecular flexibility index (Phi) is 4.66. The Balaban J connectivity index is 1.62. The van der Waals surface area contributed by atoms with Gasteiger partial charge in [-0.2, -0.15) is 0 Å². The van der Waals surface area contributed by atoms with Crippen LogP contribution in [-0.2, 0) is 4.79 Å². The van der Waals surface area contributed by atoms with E-state index in [0.29, 0.717) is 10.9 Å². The maximum atomic E-state index is 13.1. The fourth-order valence-corrected chi connectivity index (χ4v) is 2.75. The second-order valence-corrected chi connectivity index (χ2v) is 5.85. The van der Waals surface area contributed by atoms with Crippen LogP contribution in [0, 0.1) is 11.6 Å². The molecule has 0 saturated heterocycles. The van der Waals surface area contributed by atoms with Gasteiger partial charge in [-0.1, -0.05) is 11.8 Å². The van der Waals surface area contributed by atoms with Crippen LogP contribution < -0.4 is 10.1 Å². The summed E-state index contributed by atoms with van der Waals surface area (Å²) in [6, 6.07) is 8.63. The molecule has 124 valence electrons. The Hall–Kier alpha value is -2.61. The topological polar surface area (TPSA) is 67.0 Å². The van der Waals surface area contributed by atoms with Crippen LogP contribution in [0.4, 0.5) is 14.5 Å². The molecule has 1 amide bonds. The summed E-state index contributed by atoms with van der Waals surface area (Å²) in [7, 11) is 1.58. The van der Waals surface area contributed by atoms with Crippen molar-refractivity contribution in [2.45, 2.75) is 5.16 Å². The molecule has 1 heterocycles. The lowest BCUT2D eigenvalue weighted by Gasteiger charge is -2.04. The molecule has 3 aromatic rings. The number of carbonyl (C=O) groups excluding carboxylic acids is 1. The van der Waals surface area contributed by atoms with E-state index in [1.54, 1.807) is 13.2 Å². The van der Waals surface area contributed by atoms with Crippen molar-refractivity contribution in [3.8, 4) is 5.75 Å². The van der Waals surface area contributed by atoms with Crippen molar-refractivity contribution < 1.29 is 18.3 Å². The highest BCUT2D eigenvalue weighted by Gasteiger charge is 2.09. The van der Waals surface area contributed by atoms with Crippen LogP contribution in [0.2, 0.25) is 0 Å². The van der Waals surface area contributed by atoms with Gasteiger partial charge in [0.2, 0.25) is 5.91 Å². The predicted molar refractivity (Wildman–Crippen MR) is 88.4 cm³/mol. The number of nitrogens with zero attached hydrogens (tertiary/aromatic N) is 1. The number of amides is 1. The Morgan fingerprint density at radius 2 is 2.08 bits per heavy atom. The van der Waals surface area contributed by atoms with Gasteiger partial charge in [-0.25, -0.2) is 13.8 Å². The SMILES string of the molecule is COc1ccc2nc(SCC(=O)Nc3ccc(F)c(F)c3)[nH]c2c1. The maximum absolute atomic E-state index is 13.1. The number of aromatic nitrogens is 2. The number of methoxy groups -OCH3 is 1. The van der Waals surface area contributed by atoms with E-state index >= 15 is 0 Å². The zero-order valence-electron chi connectivity index (χ0n) is 12.6. The standard InChI is InChI=1S/C16H13F2N3O2S/c1-23-10-3-5-13-14(7-10)21-16(20-13)24-8-15(22)19-9-2-4-11(17)12(18)6-9/h2-7H,8H2,1H3,(H,19,22)(H,20,21). The summed E-state index contributed by atoms with van der Waals surface area (Å²) in [5.74, 6) is -1.52. The van der Waals surface area contributed by atoms with Gasteiger partial charge in [-0.05, 0) is 24.3 Å². The van der Waals surface area contributed by atoms with E-state index in [9.17, 15) is 13.6 Å². The number of imidazole rings is 1. The molecule has 0 fully saturated rings. The monoisotopic (exact) mass is 349 g/mol. The van der Waals surface area contributed by atoms with E-state index in [0.717, 1.165) is 23.2 Å². The van der Waals surface area contributed by atoms with Crippen molar-refractivity contribution >= 4 is 34.4 Å². The Labute approximate surface area is 140 Å². The number of benzene rings is 2. The summed E-state index contributed by atoms with van der Waals surface area (Å²) >= 11 is 1.21. The van der Waals surface area contributed by atoms with Gasteiger partial charge in [0, 0.05) is 17.8 Å². The second-order valence-electron chi connectivity index (χ2n) is 4.89. The molecule has 0 aliphatic rings. The minimum absolute atomic E-state index is 0.0793. The smallest absolute Gasteiger partial charge is 0.234 e. The summed E-state index contributed by atoms with van der Waals surface area (Å²) in [5.41, 5.74) is 1.77. The molecule has 2 aromatic carbocycles. The summed E-state index contributed by atoms with van der Waals surface area (Å²) in [6.45, 7) is 0. The van der Waals surface area contributed by atoms with Crippen molar-refractivity contribution in [1.29, 1.82) is 0 Å². The van der Waals surface area contributed by atoms with E-state index in [1.165, 1.54) is 17.8 Å². The molecule has 0 unspecified atom stereocenters. The first kappa shape index (κ1) is 16.3. The molecule has 0 aliphatic heterocycles. The van der Waals surface area contributed by atoms with Gasteiger partial charge in [0.25, 0.3) is 0 Å². The fraction of sp³-hybridized carbons (Fsp3) is 0.125. The van der Waals surface area contributed by atoms with Gasteiger partial charge in [0.05, 0.1) is 23.9 Å². The van der Waals surface area contributed by atoms with Crippen molar-refractivity contribution in [1.82, 2.24) is 9.97 Å². The van der Waals surface area contributed by atoms with Crippen LogP contribution in [0.15, 0.2) is 41.6 Å². The lowest BCUT2D eigenvalue weighted by molar-refractivity contribution is -0.113. The fourth-order valence-electron chi connectivity index (χ4n) is 2.07. The summed E-state index contributed by atoms with van der Waals surface area (Å²) in [6.07, 6.45) is 0. The number of H-pyrrole nitrogens is 1. The van der Waals surface area contributed by atoms with Gasteiger partial charge < -0.3 is 15.0 Å². The number of ether oxygens (including phenoxy) is 1. The van der Waals surface area contributed by atoms with Crippen molar-refractivity contribution in [3.63, 3.8) is 0 Å². The summed E-state index contributed by atoms with van der Waals surface area (Å²) in [4.78, 5) is 19.3. The van der Waals surface area contributed by atoms with Gasteiger partial charge in [0.15, 0.2) is 16.8 Å². The van der Waals surface area contributed by atoms with Crippen molar-refractivity contribution in [2.75, 3.05) is 18.2 Å². The highest BCUT2D eigenvalue weighted by Crippen LogP contribution is 2.23. The number of aromatic amines is 1. The summed E-state index contributed by atoms with van der Waals surface area (Å²) in [5, 5.41) is 3.09. The quantitative estimate of drug-likeness (QED) is 0.691. The third-order valence-electron chi connectivity index (χ3n) is 3.21. The van der Waals surface area contributed by atoms with E-state index in [1.807, 2.05) is 12.1 Å². The Morgan fingerprint density at radius 3 is 2.83 bits per heavy atom. The van der Waals surface area contributed by atoms with Gasteiger partial charge in [0.1, 0.15) is 5.75 Å². The van der Waals surface area contributed by atoms with Gasteiger partial charge in [-0.15, -0.1) is 0 Å². The van der Waals surface area contributed by atoms with Gasteiger partial charge >= 0.3 is 0 Å². The number of carbonyl (C=O) groups is 1. The molecule has 3 rings (SSSR count). The lowest BCUT2D eigenvalue weighted by atomic mass is 10.3. The average molecular weight is 349 g/mol. The highest BCUT2D eigenvalue weighted by atomic mass is 32.2. The van der Waals surface area contributed by atoms with Gasteiger partial charge in [-0.3, -0.25) is 4.79 Å². The van der Waals surface area contributed by atoms with E-state index < -0.39 is 11.6 Å². The molecule has 0 atom stereocenters. The molecule has 8 heteroatoms. The van der Waals surface area contributed by atoms with E-state index in [2.05, 4.69) is 15.3 Å². The Bertz CT molecular complexity index is 898. The van der Waals surface area contributed by atoms with Crippen LogP contribution >= 0.6 is 11.8 Å². The minimum Gasteiger partial charge on any atom is -0.497 e. The predicted octanol–water partition coefficient (Wildman–Crippen LogP) is 3.58. The number of thioether (sulfide) groups is 1. The number of fused-ring (bicyclic) bond motifs is 1. The highest BCUT2D eigenvalue weighted by molar-refractivity contribution is 7.99. The van der Waals surface area contributed by atoms with Crippen LogP contribution in [0.1, 0.15) is 0 Å². The maximum Gasteiger partial charge on any atom is 0.234 e. The first-order valence-corrected chi connectivity index (χ1v) is 7.95. The molecule has 5 nitrogen and oxygen atoms in total. The Morgan fingerprint density at radius 1 is 1.25 bits per heavy atom. The molecule has 24 heavy (non-hydrogen) atoms. The summed E-state index contributed by atoms with van der Waals surface area (Å²) < 4.78 is 31.1. The zero-order chi connectivity index (χ0) is 17.1. The normalized spacial score (nSPS) is 10.8. The number of halogens is 2. The number of hydrogen-bond donors (Lipinski definition) is 2. The third-order valence-corrected chi connectivity index (χ3v) is 4.08. The average Bonchev–Trinajstić information content (AvgIpc) is 2.98. The lowest BCUT2D eigenvalue weighted by Crippen LogP contribution is -2.14. The second kappa shape index (κ2) is 6.88. The number of hydrogen-bond acceptors (Lipinski definition) is 4. The molecule has 0 aliphatic carbocycles. The molecular formula is C16H13F2N3O2S. The molecule has 1 aromatic heterocycles. The van der Waals surface area contributed by atoms with Crippen LogP contribution in [0.25, 0.3) is 11.0 Å². The van der Waals surface area contributed by atoms with Crippen LogP contribution in [0.5, 0.6) is 5.75 Å². The van der Waals surface area contributed by atoms with E-state index in [-0.39, 0.29) is 17.3 Å². The minimum atomic E-state index is -1.01. The molecule has 0 saturated carbocycles. The molecule has 0 spiro atoms. The largest absolute Gasteiger partial charge is 0.497 e. The molecule has 0 radical (unpaired) electrons.